The average Bonchev–Trinajstić information content (AvgIpc) is 3.13. The predicted molar refractivity (Wildman–Crippen MR) is 74.5 cm³/mol. The number of nitrogens with one attached hydrogen (secondary N) is 1. The molecular formula is C14H13N3O2S. The minimum absolute atomic E-state index is 0.240. The standard InChI is InChI=1S/C14H13N3O2S/c1-2-4-10(5-3-1)8-15-14-16-12-11(6-7-20-12)13-17(14)19-9-18-13/h1-7,14-15H,8-9H2. The summed E-state index contributed by atoms with van der Waals surface area (Å²) in [5, 5.41) is 8.11. The normalized spacial score (nSPS) is 20.1. The summed E-state index contributed by atoms with van der Waals surface area (Å²) < 4.78 is 6.53. The fourth-order valence-electron chi connectivity index (χ4n) is 2.30. The van der Waals surface area contributed by atoms with Crippen LogP contribution in [0, 0.1) is 0 Å². The molecule has 0 amide bonds. The lowest BCUT2D eigenvalue weighted by Gasteiger charge is -2.25. The first-order valence-electron chi connectivity index (χ1n) is 6.40. The summed E-state index contributed by atoms with van der Waals surface area (Å²) in [6.07, 6.45) is -0.251. The summed E-state index contributed by atoms with van der Waals surface area (Å²) in [5.41, 5.74) is 1.21. The van der Waals surface area contributed by atoms with E-state index in [-0.39, 0.29) is 13.1 Å². The molecule has 4 rings (SSSR count). The maximum absolute atomic E-state index is 5.55. The van der Waals surface area contributed by atoms with Crippen molar-refractivity contribution in [2.24, 2.45) is 4.99 Å². The molecular weight excluding hydrogens is 274 g/mol. The lowest BCUT2D eigenvalue weighted by Crippen LogP contribution is -2.48. The van der Waals surface area contributed by atoms with Gasteiger partial charge in [-0.25, -0.2) is 9.83 Å². The third kappa shape index (κ3) is 1.98. The van der Waals surface area contributed by atoms with Crippen molar-refractivity contribution in [3.05, 3.63) is 57.2 Å². The minimum Gasteiger partial charge on any atom is -0.448 e. The van der Waals surface area contributed by atoms with Crippen LogP contribution in [0.4, 0.5) is 0 Å². The van der Waals surface area contributed by atoms with Crippen LogP contribution in [0.15, 0.2) is 46.8 Å². The molecule has 1 fully saturated rings. The second-order valence-electron chi connectivity index (χ2n) is 4.53. The molecule has 20 heavy (non-hydrogen) atoms. The van der Waals surface area contributed by atoms with E-state index in [9.17, 15) is 0 Å². The van der Waals surface area contributed by atoms with Crippen molar-refractivity contribution in [1.29, 1.82) is 0 Å². The number of fused-ring (bicyclic) bond motifs is 2. The Morgan fingerprint density at radius 1 is 1.30 bits per heavy atom. The zero-order valence-electron chi connectivity index (χ0n) is 10.7. The molecule has 1 atom stereocenters. The van der Waals surface area contributed by atoms with Crippen LogP contribution < -0.4 is 15.2 Å². The Labute approximate surface area is 119 Å². The molecule has 1 N–H and O–H groups in total. The maximum atomic E-state index is 5.55. The van der Waals surface area contributed by atoms with Gasteiger partial charge in [0.2, 0.25) is 19.0 Å². The fraction of sp³-hybridized carbons (Fsp3) is 0.214. The molecule has 3 heterocycles. The zero-order chi connectivity index (χ0) is 13.4. The molecule has 1 unspecified atom stereocenters. The molecule has 1 saturated heterocycles. The first-order valence-corrected chi connectivity index (χ1v) is 7.28. The topological polar surface area (TPSA) is 46.1 Å². The van der Waals surface area contributed by atoms with Crippen LogP contribution >= 0.6 is 11.3 Å². The van der Waals surface area contributed by atoms with E-state index < -0.39 is 0 Å². The second kappa shape index (κ2) is 4.90. The zero-order valence-corrected chi connectivity index (χ0v) is 11.5. The van der Waals surface area contributed by atoms with Crippen LogP contribution in [0.5, 0.6) is 0 Å². The minimum atomic E-state index is -0.251. The predicted octanol–water partition coefficient (Wildman–Crippen LogP) is 0.742. The first-order chi connectivity index (χ1) is 9.92. The summed E-state index contributed by atoms with van der Waals surface area (Å²) in [7, 11) is 0. The van der Waals surface area contributed by atoms with Crippen LogP contribution in [0.1, 0.15) is 5.56 Å². The van der Waals surface area contributed by atoms with Gasteiger partial charge in [-0.1, -0.05) is 30.3 Å². The molecule has 102 valence electrons. The summed E-state index contributed by atoms with van der Waals surface area (Å²) in [4.78, 5) is 10.2. The number of hydrogen-bond acceptors (Lipinski definition) is 6. The van der Waals surface area contributed by atoms with E-state index in [1.165, 1.54) is 5.56 Å². The van der Waals surface area contributed by atoms with Crippen molar-refractivity contribution < 1.29 is 9.57 Å². The van der Waals surface area contributed by atoms with Gasteiger partial charge in [0.05, 0.1) is 5.22 Å². The van der Waals surface area contributed by atoms with Crippen molar-refractivity contribution in [2.75, 3.05) is 6.79 Å². The Bertz CT molecular complexity index is 728. The van der Waals surface area contributed by atoms with Crippen molar-refractivity contribution >= 4 is 17.2 Å². The van der Waals surface area contributed by atoms with Gasteiger partial charge in [0.25, 0.3) is 0 Å². The second-order valence-corrected chi connectivity index (χ2v) is 5.43. The van der Waals surface area contributed by atoms with Crippen LogP contribution in [0.2, 0.25) is 0 Å². The third-order valence-electron chi connectivity index (χ3n) is 3.26. The molecule has 2 aromatic rings. The third-order valence-corrected chi connectivity index (χ3v) is 4.08. The number of hydroxylamine groups is 2. The van der Waals surface area contributed by atoms with Crippen molar-refractivity contribution in [2.45, 2.75) is 12.8 Å². The van der Waals surface area contributed by atoms with E-state index >= 15 is 0 Å². The van der Waals surface area contributed by atoms with Gasteiger partial charge in [0.1, 0.15) is 4.67 Å². The van der Waals surface area contributed by atoms with E-state index in [0.29, 0.717) is 0 Å². The molecule has 1 aromatic carbocycles. The van der Waals surface area contributed by atoms with Gasteiger partial charge in [-0.15, -0.1) is 11.3 Å². The Kier molecular flexibility index (Phi) is 2.91. The number of thiophene rings is 1. The van der Waals surface area contributed by atoms with Gasteiger partial charge in [-0.2, -0.15) is 5.06 Å². The highest BCUT2D eigenvalue weighted by Gasteiger charge is 2.31. The Balaban J connectivity index is 1.61. The smallest absolute Gasteiger partial charge is 0.229 e. The average molecular weight is 287 g/mol. The molecule has 6 heteroatoms. The number of hydrogen-bond donors (Lipinski definition) is 1. The van der Waals surface area contributed by atoms with Crippen molar-refractivity contribution in [3.63, 3.8) is 0 Å². The molecule has 0 saturated carbocycles. The van der Waals surface area contributed by atoms with Gasteiger partial charge >= 0.3 is 0 Å². The van der Waals surface area contributed by atoms with E-state index in [2.05, 4.69) is 22.4 Å². The first kappa shape index (κ1) is 11.9. The largest absolute Gasteiger partial charge is 0.448 e. The van der Waals surface area contributed by atoms with Gasteiger partial charge < -0.3 is 4.74 Å². The van der Waals surface area contributed by atoms with Gasteiger partial charge in [0.15, 0.2) is 0 Å². The van der Waals surface area contributed by atoms with E-state index in [1.54, 1.807) is 16.4 Å². The number of ether oxygens (including phenoxy) is 1. The number of nitrogens with zero attached hydrogens (tertiary/aromatic N) is 2. The summed E-state index contributed by atoms with van der Waals surface area (Å²) in [5.74, 6) is 0.752. The summed E-state index contributed by atoms with van der Waals surface area (Å²) in [6.45, 7) is 0.965. The molecule has 0 spiro atoms. The van der Waals surface area contributed by atoms with Crippen LogP contribution in [0.3, 0.4) is 0 Å². The van der Waals surface area contributed by atoms with Gasteiger partial charge in [-0.3, -0.25) is 5.32 Å². The fourth-order valence-corrected chi connectivity index (χ4v) is 3.08. The molecule has 1 aromatic heterocycles. The monoisotopic (exact) mass is 287 g/mol. The highest BCUT2D eigenvalue weighted by Crippen LogP contribution is 2.20. The molecule has 2 aliphatic rings. The summed E-state index contributed by atoms with van der Waals surface area (Å²) in [6, 6.07) is 12.2. The highest BCUT2D eigenvalue weighted by atomic mass is 32.1. The molecule has 2 aliphatic heterocycles. The van der Waals surface area contributed by atoms with Crippen LogP contribution in [-0.2, 0) is 16.1 Å². The summed E-state index contributed by atoms with van der Waals surface area (Å²) >= 11 is 1.61. The maximum Gasteiger partial charge on any atom is 0.229 e. The quantitative estimate of drug-likeness (QED) is 0.904. The number of rotatable bonds is 3. The Morgan fingerprint density at radius 2 is 2.20 bits per heavy atom. The van der Waals surface area contributed by atoms with Crippen LogP contribution in [0.25, 0.3) is 5.88 Å². The Hall–Kier alpha value is -1.89. The Morgan fingerprint density at radius 3 is 3.10 bits per heavy atom. The van der Waals surface area contributed by atoms with Crippen LogP contribution in [-0.4, -0.2) is 18.1 Å². The molecule has 0 radical (unpaired) electrons. The highest BCUT2D eigenvalue weighted by molar-refractivity contribution is 7.07. The van der Waals surface area contributed by atoms with E-state index in [0.717, 1.165) is 22.3 Å². The van der Waals surface area contributed by atoms with Crippen molar-refractivity contribution in [1.82, 2.24) is 10.4 Å². The molecule has 5 nitrogen and oxygen atoms in total. The molecule has 0 bridgehead atoms. The van der Waals surface area contributed by atoms with Gasteiger partial charge in [-0.05, 0) is 17.0 Å². The van der Waals surface area contributed by atoms with Crippen molar-refractivity contribution in [3.8, 4) is 0 Å². The number of benzene rings is 1. The van der Waals surface area contributed by atoms with Gasteiger partial charge in [0, 0.05) is 6.54 Å². The SMILES string of the molecule is c1ccc(CNC2N=c3sccc3=C3OCON32)cc1. The lowest BCUT2D eigenvalue weighted by molar-refractivity contribution is -0.129. The van der Waals surface area contributed by atoms with E-state index in [4.69, 9.17) is 9.57 Å². The molecule has 0 aliphatic carbocycles. The van der Waals surface area contributed by atoms with E-state index in [1.807, 2.05) is 29.6 Å². The lowest BCUT2D eigenvalue weighted by atomic mass is 10.2.